The highest BCUT2D eigenvalue weighted by atomic mass is 16.5. The lowest BCUT2D eigenvalue weighted by Crippen LogP contribution is -2.30. The van der Waals surface area contributed by atoms with Gasteiger partial charge in [0.2, 0.25) is 0 Å². The Morgan fingerprint density at radius 3 is 2.46 bits per heavy atom. The maximum atomic E-state index is 12.1. The number of para-hydroxylation sites is 1. The second kappa shape index (κ2) is 7.41. The molecule has 2 aromatic rings. The quantitative estimate of drug-likeness (QED) is 0.651. The van der Waals surface area contributed by atoms with Crippen LogP contribution in [0.2, 0.25) is 0 Å². The number of aromatic hydroxyl groups is 1. The van der Waals surface area contributed by atoms with Crippen LogP contribution in [-0.2, 0) is 9.53 Å². The molecule has 0 radical (unpaired) electrons. The highest BCUT2D eigenvalue weighted by Crippen LogP contribution is 2.18. The summed E-state index contributed by atoms with van der Waals surface area (Å²) in [5.41, 5.74) is 0.876. The van der Waals surface area contributed by atoms with Crippen molar-refractivity contribution < 1.29 is 24.2 Å². The number of rotatable bonds is 5. The summed E-state index contributed by atoms with van der Waals surface area (Å²) >= 11 is 0. The van der Waals surface area contributed by atoms with Gasteiger partial charge in [0.1, 0.15) is 11.3 Å². The van der Waals surface area contributed by atoms with E-state index in [9.17, 15) is 19.5 Å². The molecule has 2 aromatic carbocycles. The molecule has 0 fully saturated rings. The van der Waals surface area contributed by atoms with Crippen LogP contribution in [-0.4, -0.2) is 28.9 Å². The van der Waals surface area contributed by atoms with Crippen molar-refractivity contribution in [2.45, 2.75) is 20.0 Å². The molecule has 2 N–H and O–H groups in total. The van der Waals surface area contributed by atoms with Gasteiger partial charge in [0, 0.05) is 11.3 Å². The molecule has 124 valence electrons. The third-order valence-electron chi connectivity index (χ3n) is 3.31. The van der Waals surface area contributed by atoms with Gasteiger partial charge in [-0.05, 0) is 38.1 Å². The average Bonchev–Trinajstić information content (AvgIpc) is 2.55. The standard InChI is InChI=1S/C18H17NO5/c1-11(20)13-6-5-7-14(10-13)19-17(22)12(2)24-18(23)15-8-3-4-9-16(15)21/h3-10,12,21H,1-2H3,(H,19,22). The zero-order chi connectivity index (χ0) is 17.7. The Bertz CT molecular complexity index is 784. The van der Waals surface area contributed by atoms with E-state index in [1.54, 1.807) is 30.3 Å². The molecule has 0 spiro atoms. The molecule has 1 amide bonds. The van der Waals surface area contributed by atoms with E-state index < -0.39 is 18.0 Å². The fourth-order valence-electron chi connectivity index (χ4n) is 1.98. The normalized spacial score (nSPS) is 11.4. The van der Waals surface area contributed by atoms with Crippen LogP contribution >= 0.6 is 0 Å². The first kappa shape index (κ1) is 17.2. The number of esters is 1. The lowest BCUT2D eigenvalue weighted by molar-refractivity contribution is -0.123. The Kier molecular flexibility index (Phi) is 5.31. The van der Waals surface area contributed by atoms with Crippen LogP contribution < -0.4 is 5.32 Å². The number of hydrogen-bond acceptors (Lipinski definition) is 5. The largest absolute Gasteiger partial charge is 0.507 e. The van der Waals surface area contributed by atoms with Crippen LogP contribution in [0.15, 0.2) is 48.5 Å². The van der Waals surface area contributed by atoms with Crippen molar-refractivity contribution >= 4 is 23.3 Å². The minimum atomic E-state index is -1.07. The van der Waals surface area contributed by atoms with E-state index in [1.807, 2.05) is 0 Å². The van der Waals surface area contributed by atoms with E-state index >= 15 is 0 Å². The topological polar surface area (TPSA) is 92.7 Å². The SMILES string of the molecule is CC(=O)c1cccc(NC(=O)C(C)OC(=O)c2ccccc2O)c1. The molecule has 1 atom stereocenters. The Hall–Kier alpha value is -3.15. The van der Waals surface area contributed by atoms with Crippen molar-refractivity contribution in [3.05, 3.63) is 59.7 Å². The summed E-state index contributed by atoms with van der Waals surface area (Å²) in [6.45, 7) is 2.85. The molecule has 24 heavy (non-hydrogen) atoms. The number of hydrogen-bond donors (Lipinski definition) is 2. The van der Waals surface area contributed by atoms with Gasteiger partial charge < -0.3 is 15.2 Å². The molecule has 0 aliphatic carbocycles. The first-order chi connectivity index (χ1) is 11.4. The molecule has 6 nitrogen and oxygen atoms in total. The summed E-state index contributed by atoms with van der Waals surface area (Å²) in [5.74, 6) is -1.68. The van der Waals surface area contributed by atoms with E-state index in [1.165, 1.54) is 32.0 Å². The highest BCUT2D eigenvalue weighted by molar-refractivity contribution is 6.00. The second-order valence-corrected chi connectivity index (χ2v) is 5.19. The van der Waals surface area contributed by atoms with Gasteiger partial charge in [-0.1, -0.05) is 24.3 Å². The zero-order valence-corrected chi connectivity index (χ0v) is 13.3. The number of carbonyl (C=O) groups is 3. The van der Waals surface area contributed by atoms with Crippen molar-refractivity contribution in [1.29, 1.82) is 0 Å². The van der Waals surface area contributed by atoms with E-state index in [0.717, 1.165) is 0 Å². The van der Waals surface area contributed by atoms with Crippen molar-refractivity contribution in [3.63, 3.8) is 0 Å². The molecule has 0 aliphatic rings. The molecule has 1 unspecified atom stereocenters. The molecule has 0 bridgehead atoms. The van der Waals surface area contributed by atoms with Gasteiger partial charge in [-0.15, -0.1) is 0 Å². The summed E-state index contributed by atoms with van der Waals surface area (Å²) in [6, 6.07) is 12.4. The Labute approximate surface area is 139 Å². The number of Topliss-reactive ketones (excluding diaryl/α,β-unsaturated/α-hetero) is 1. The number of amides is 1. The molecule has 0 saturated heterocycles. The van der Waals surface area contributed by atoms with Crippen LogP contribution in [0.4, 0.5) is 5.69 Å². The Morgan fingerprint density at radius 2 is 1.79 bits per heavy atom. The predicted octanol–water partition coefficient (Wildman–Crippen LogP) is 2.78. The number of phenols is 1. The van der Waals surface area contributed by atoms with Gasteiger partial charge in [0.05, 0.1) is 0 Å². The maximum absolute atomic E-state index is 12.1. The van der Waals surface area contributed by atoms with E-state index in [0.29, 0.717) is 11.3 Å². The molecule has 6 heteroatoms. The molecule has 2 rings (SSSR count). The van der Waals surface area contributed by atoms with Crippen LogP contribution in [0, 0.1) is 0 Å². The minimum absolute atomic E-state index is 0.0178. The molecule has 0 aromatic heterocycles. The number of anilines is 1. The summed E-state index contributed by atoms with van der Waals surface area (Å²) in [4.78, 5) is 35.4. The number of ether oxygens (including phenoxy) is 1. The van der Waals surface area contributed by atoms with E-state index in [4.69, 9.17) is 4.74 Å². The molecule has 0 saturated carbocycles. The summed E-state index contributed by atoms with van der Waals surface area (Å²) < 4.78 is 5.05. The Balaban J connectivity index is 2.02. The summed E-state index contributed by atoms with van der Waals surface area (Å²) in [7, 11) is 0. The number of nitrogens with one attached hydrogen (secondary N) is 1. The smallest absolute Gasteiger partial charge is 0.342 e. The van der Waals surface area contributed by atoms with Crippen LogP contribution in [0.25, 0.3) is 0 Å². The monoisotopic (exact) mass is 327 g/mol. The fourth-order valence-corrected chi connectivity index (χ4v) is 1.98. The molecular weight excluding hydrogens is 310 g/mol. The summed E-state index contributed by atoms with van der Waals surface area (Å²) in [5, 5.41) is 12.2. The van der Waals surface area contributed by atoms with Crippen LogP contribution in [0.5, 0.6) is 5.75 Å². The third kappa shape index (κ3) is 4.19. The number of ketones is 1. The van der Waals surface area contributed by atoms with Gasteiger partial charge in [-0.3, -0.25) is 9.59 Å². The lowest BCUT2D eigenvalue weighted by Gasteiger charge is -2.14. The first-order valence-electron chi connectivity index (χ1n) is 7.29. The van der Waals surface area contributed by atoms with Gasteiger partial charge in [0.15, 0.2) is 11.9 Å². The van der Waals surface area contributed by atoms with Crippen LogP contribution in [0.3, 0.4) is 0 Å². The van der Waals surface area contributed by atoms with Gasteiger partial charge >= 0.3 is 5.97 Å². The molecular formula is C18H17NO5. The van der Waals surface area contributed by atoms with Crippen molar-refractivity contribution in [2.75, 3.05) is 5.32 Å². The first-order valence-corrected chi connectivity index (χ1v) is 7.29. The molecule has 0 aliphatic heterocycles. The van der Waals surface area contributed by atoms with Crippen molar-refractivity contribution in [3.8, 4) is 5.75 Å². The predicted molar refractivity (Wildman–Crippen MR) is 88.1 cm³/mol. The number of benzene rings is 2. The summed E-state index contributed by atoms with van der Waals surface area (Å²) in [6.07, 6.45) is -1.07. The number of carbonyl (C=O) groups excluding carboxylic acids is 3. The van der Waals surface area contributed by atoms with Crippen LogP contribution in [0.1, 0.15) is 34.6 Å². The van der Waals surface area contributed by atoms with E-state index in [-0.39, 0.29) is 17.1 Å². The van der Waals surface area contributed by atoms with Gasteiger partial charge in [-0.25, -0.2) is 4.79 Å². The average molecular weight is 327 g/mol. The van der Waals surface area contributed by atoms with Crippen molar-refractivity contribution in [2.24, 2.45) is 0 Å². The second-order valence-electron chi connectivity index (χ2n) is 5.19. The van der Waals surface area contributed by atoms with Gasteiger partial charge in [-0.2, -0.15) is 0 Å². The number of phenolic OH excluding ortho intramolecular Hbond substituents is 1. The zero-order valence-electron chi connectivity index (χ0n) is 13.3. The van der Waals surface area contributed by atoms with Crippen molar-refractivity contribution in [1.82, 2.24) is 0 Å². The van der Waals surface area contributed by atoms with E-state index in [2.05, 4.69) is 5.32 Å². The fraction of sp³-hybridized carbons (Fsp3) is 0.167. The maximum Gasteiger partial charge on any atom is 0.342 e. The third-order valence-corrected chi connectivity index (χ3v) is 3.31. The lowest BCUT2D eigenvalue weighted by atomic mass is 10.1. The Morgan fingerprint density at radius 1 is 1.08 bits per heavy atom. The molecule has 0 heterocycles. The highest BCUT2D eigenvalue weighted by Gasteiger charge is 2.21. The van der Waals surface area contributed by atoms with Gasteiger partial charge in [0.25, 0.3) is 5.91 Å². The minimum Gasteiger partial charge on any atom is -0.507 e.